The van der Waals surface area contributed by atoms with Crippen LogP contribution in [0.2, 0.25) is 0 Å². The van der Waals surface area contributed by atoms with Gasteiger partial charge in [0.05, 0.1) is 0 Å². The minimum absolute atomic E-state index is 0.339. The van der Waals surface area contributed by atoms with Gasteiger partial charge in [0.25, 0.3) is 0 Å². The van der Waals surface area contributed by atoms with E-state index in [1.54, 1.807) is 9.96 Å². The molecule has 2 fully saturated rings. The van der Waals surface area contributed by atoms with E-state index in [0.717, 1.165) is 13.1 Å². The van der Waals surface area contributed by atoms with Crippen molar-refractivity contribution >= 4 is 12.2 Å². The largest absolute Gasteiger partial charge is 0.465 e. The summed E-state index contributed by atoms with van der Waals surface area (Å²) in [6.07, 6.45) is -1.33. The predicted molar refractivity (Wildman–Crippen MR) is 62.1 cm³/mol. The second-order valence-electron chi connectivity index (χ2n) is 4.29. The lowest BCUT2D eigenvalue weighted by Gasteiger charge is -2.34. The Balaban J connectivity index is 1.75. The highest BCUT2D eigenvalue weighted by molar-refractivity contribution is 5.69. The number of carbonyl (C=O) groups excluding carboxylic acids is 1. The Hall–Kier alpha value is -1.54. The van der Waals surface area contributed by atoms with E-state index in [1.807, 2.05) is 0 Å². The zero-order valence-corrected chi connectivity index (χ0v) is 10.2. The zero-order chi connectivity index (χ0) is 13.0. The first-order chi connectivity index (χ1) is 8.66. The average molecular weight is 258 g/mol. The summed E-state index contributed by atoms with van der Waals surface area (Å²) in [5.74, 6) is 0. The van der Waals surface area contributed by atoms with Gasteiger partial charge < -0.3 is 25.1 Å². The minimum atomic E-state index is -0.940. The van der Waals surface area contributed by atoms with Gasteiger partial charge in [-0.25, -0.2) is 9.59 Å². The van der Waals surface area contributed by atoms with E-state index in [9.17, 15) is 9.59 Å². The molecule has 2 saturated heterocycles. The van der Waals surface area contributed by atoms with Crippen molar-refractivity contribution in [2.24, 2.45) is 0 Å². The summed E-state index contributed by atoms with van der Waals surface area (Å²) < 4.78 is 0. The van der Waals surface area contributed by atoms with Crippen LogP contribution in [-0.4, -0.2) is 84.5 Å². The van der Waals surface area contributed by atoms with Crippen LogP contribution in [-0.2, 0) is 4.84 Å². The van der Waals surface area contributed by atoms with E-state index in [0.29, 0.717) is 39.3 Å². The van der Waals surface area contributed by atoms with Crippen molar-refractivity contribution < 1.29 is 19.5 Å². The van der Waals surface area contributed by atoms with Gasteiger partial charge in [-0.05, 0) is 0 Å². The van der Waals surface area contributed by atoms with Gasteiger partial charge in [0.2, 0.25) is 0 Å². The highest BCUT2D eigenvalue weighted by atomic mass is 16.7. The number of hydrogen-bond acceptors (Lipinski definition) is 5. The first kappa shape index (κ1) is 12.9. The van der Waals surface area contributed by atoms with Gasteiger partial charge in [-0.15, -0.1) is 5.06 Å². The number of nitrogens with zero attached hydrogens (tertiary/aromatic N) is 3. The summed E-state index contributed by atoms with van der Waals surface area (Å²) >= 11 is 0. The van der Waals surface area contributed by atoms with Crippen LogP contribution in [0.25, 0.3) is 0 Å². The molecule has 0 bridgehead atoms. The number of hydroxylamine groups is 2. The predicted octanol–water partition coefficient (Wildman–Crippen LogP) is -0.761. The maximum Gasteiger partial charge on any atom is 0.429 e. The van der Waals surface area contributed by atoms with E-state index in [4.69, 9.17) is 9.94 Å². The zero-order valence-electron chi connectivity index (χ0n) is 10.2. The number of rotatable bonds is 1. The topological polar surface area (TPSA) is 85.3 Å². The Morgan fingerprint density at radius 3 is 2.06 bits per heavy atom. The molecule has 0 aliphatic carbocycles. The summed E-state index contributed by atoms with van der Waals surface area (Å²) in [5, 5.41) is 13.6. The second-order valence-corrected chi connectivity index (χ2v) is 4.29. The van der Waals surface area contributed by atoms with Crippen molar-refractivity contribution in [1.29, 1.82) is 0 Å². The standard InChI is InChI=1S/C10H18N4O4/c15-9(16)12-5-7-13(8-6-12)10(17)18-14-3-1-11-2-4-14/h11H,1-8H2,(H,15,16). The fourth-order valence-corrected chi connectivity index (χ4v) is 1.98. The van der Waals surface area contributed by atoms with E-state index in [1.165, 1.54) is 4.90 Å². The number of carbonyl (C=O) groups is 2. The third kappa shape index (κ3) is 3.23. The Bertz CT molecular complexity index is 311. The fourth-order valence-electron chi connectivity index (χ4n) is 1.98. The Morgan fingerprint density at radius 2 is 1.50 bits per heavy atom. The number of hydrogen-bond donors (Lipinski definition) is 2. The molecule has 0 aromatic rings. The van der Waals surface area contributed by atoms with Gasteiger partial charge in [0, 0.05) is 52.4 Å². The van der Waals surface area contributed by atoms with E-state index < -0.39 is 6.09 Å². The lowest BCUT2D eigenvalue weighted by atomic mass is 10.3. The number of amides is 2. The lowest BCUT2D eigenvalue weighted by Crippen LogP contribution is -2.52. The van der Waals surface area contributed by atoms with Crippen molar-refractivity contribution in [1.82, 2.24) is 20.2 Å². The van der Waals surface area contributed by atoms with Crippen LogP contribution in [0.15, 0.2) is 0 Å². The third-order valence-corrected chi connectivity index (χ3v) is 3.09. The molecular weight excluding hydrogens is 240 g/mol. The van der Waals surface area contributed by atoms with Crippen LogP contribution >= 0.6 is 0 Å². The summed E-state index contributed by atoms with van der Waals surface area (Å²) in [5.41, 5.74) is 0. The smallest absolute Gasteiger partial charge is 0.429 e. The van der Waals surface area contributed by atoms with Crippen molar-refractivity contribution in [2.45, 2.75) is 0 Å². The molecule has 0 saturated carbocycles. The van der Waals surface area contributed by atoms with Crippen LogP contribution in [0.1, 0.15) is 0 Å². The third-order valence-electron chi connectivity index (χ3n) is 3.09. The molecule has 0 spiro atoms. The van der Waals surface area contributed by atoms with Crippen molar-refractivity contribution in [2.75, 3.05) is 52.4 Å². The van der Waals surface area contributed by atoms with Crippen molar-refractivity contribution in [3.8, 4) is 0 Å². The molecule has 0 atom stereocenters. The van der Waals surface area contributed by atoms with Crippen molar-refractivity contribution in [3.05, 3.63) is 0 Å². The van der Waals surface area contributed by atoms with E-state index >= 15 is 0 Å². The molecule has 0 aromatic carbocycles. The number of piperazine rings is 2. The Kier molecular flexibility index (Phi) is 4.21. The Morgan fingerprint density at radius 1 is 0.944 bits per heavy atom. The molecule has 0 radical (unpaired) electrons. The van der Waals surface area contributed by atoms with E-state index in [-0.39, 0.29) is 6.09 Å². The summed E-state index contributed by atoms with van der Waals surface area (Å²) in [4.78, 5) is 30.6. The van der Waals surface area contributed by atoms with Crippen molar-refractivity contribution in [3.63, 3.8) is 0 Å². The maximum atomic E-state index is 11.8. The van der Waals surface area contributed by atoms with E-state index in [2.05, 4.69) is 5.32 Å². The SMILES string of the molecule is O=C(O)N1CCN(C(=O)ON2CCNCC2)CC1. The molecule has 2 aliphatic rings. The molecular formula is C10H18N4O4. The molecule has 8 heteroatoms. The summed E-state index contributed by atoms with van der Waals surface area (Å²) in [6, 6.07) is 0. The molecule has 2 N–H and O–H groups in total. The van der Waals surface area contributed by atoms with Gasteiger partial charge in [-0.2, -0.15) is 0 Å². The van der Waals surface area contributed by atoms with Gasteiger partial charge in [-0.3, -0.25) is 0 Å². The van der Waals surface area contributed by atoms with Crippen LogP contribution < -0.4 is 5.32 Å². The molecule has 102 valence electrons. The summed E-state index contributed by atoms with van der Waals surface area (Å²) in [7, 11) is 0. The highest BCUT2D eigenvalue weighted by Gasteiger charge is 2.26. The molecule has 2 amide bonds. The maximum absolute atomic E-state index is 11.8. The minimum Gasteiger partial charge on any atom is -0.465 e. The van der Waals surface area contributed by atoms with Crippen LogP contribution in [0, 0.1) is 0 Å². The van der Waals surface area contributed by atoms with Gasteiger partial charge >= 0.3 is 12.2 Å². The molecule has 2 heterocycles. The Labute approximate surface area is 105 Å². The van der Waals surface area contributed by atoms with Gasteiger partial charge in [0.15, 0.2) is 0 Å². The summed E-state index contributed by atoms with van der Waals surface area (Å²) in [6.45, 7) is 4.42. The molecule has 0 unspecified atom stereocenters. The molecule has 8 nitrogen and oxygen atoms in total. The lowest BCUT2D eigenvalue weighted by molar-refractivity contribution is -0.120. The molecule has 0 aromatic heterocycles. The molecule has 2 rings (SSSR count). The number of carboxylic acid groups (broad SMARTS) is 1. The quantitative estimate of drug-likeness (QED) is 0.643. The van der Waals surface area contributed by atoms with Crippen LogP contribution in [0.4, 0.5) is 9.59 Å². The monoisotopic (exact) mass is 258 g/mol. The molecule has 2 aliphatic heterocycles. The normalized spacial score (nSPS) is 21.8. The second kappa shape index (κ2) is 5.87. The first-order valence-electron chi connectivity index (χ1n) is 6.07. The van der Waals surface area contributed by atoms with Crippen LogP contribution in [0.5, 0.6) is 0 Å². The van der Waals surface area contributed by atoms with Gasteiger partial charge in [0.1, 0.15) is 0 Å². The van der Waals surface area contributed by atoms with Crippen LogP contribution in [0.3, 0.4) is 0 Å². The fraction of sp³-hybridized carbons (Fsp3) is 0.800. The number of nitrogens with one attached hydrogen (secondary N) is 1. The highest BCUT2D eigenvalue weighted by Crippen LogP contribution is 2.05. The first-order valence-corrected chi connectivity index (χ1v) is 6.07. The van der Waals surface area contributed by atoms with Gasteiger partial charge in [-0.1, -0.05) is 0 Å². The molecule has 18 heavy (non-hydrogen) atoms. The average Bonchev–Trinajstić information content (AvgIpc) is 2.40.